The van der Waals surface area contributed by atoms with Gasteiger partial charge in [-0.2, -0.15) is 0 Å². The summed E-state index contributed by atoms with van der Waals surface area (Å²) in [7, 11) is 1.66. The molecule has 5 heteroatoms. The summed E-state index contributed by atoms with van der Waals surface area (Å²) in [6.45, 7) is 2.16. The normalized spacial score (nSPS) is 10.6. The summed E-state index contributed by atoms with van der Waals surface area (Å²) in [5.74, 6) is 0.584. The van der Waals surface area contributed by atoms with Crippen molar-refractivity contribution in [2.24, 2.45) is 0 Å². The Labute approximate surface area is 145 Å². The highest BCUT2D eigenvalue weighted by Gasteiger charge is 2.13. The van der Waals surface area contributed by atoms with Crippen LogP contribution < -0.4 is 10.1 Å². The van der Waals surface area contributed by atoms with Crippen molar-refractivity contribution in [1.82, 2.24) is 4.98 Å². The third kappa shape index (κ3) is 3.74. The number of methoxy groups -OCH3 is 1. The van der Waals surface area contributed by atoms with Gasteiger partial charge in [0.2, 0.25) is 0 Å². The molecule has 0 atom stereocenters. The SMILES string of the molecule is CCCc1sc(Nc2ccc(F)cc2)nc1-c1ccc(OC)cc1. The van der Waals surface area contributed by atoms with E-state index in [9.17, 15) is 4.39 Å². The van der Waals surface area contributed by atoms with Gasteiger partial charge < -0.3 is 10.1 Å². The summed E-state index contributed by atoms with van der Waals surface area (Å²) in [4.78, 5) is 5.99. The molecule has 0 fully saturated rings. The Morgan fingerprint density at radius 3 is 2.42 bits per heavy atom. The summed E-state index contributed by atoms with van der Waals surface area (Å²) in [6.07, 6.45) is 2.03. The molecule has 1 aromatic heterocycles. The van der Waals surface area contributed by atoms with Crippen LogP contribution in [0.15, 0.2) is 48.5 Å². The third-order valence-electron chi connectivity index (χ3n) is 3.63. The van der Waals surface area contributed by atoms with E-state index in [0.29, 0.717) is 0 Å². The van der Waals surface area contributed by atoms with Gasteiger partial charge in [-0.05, 0) is 55.0 Å². The summed E-state index contributed by atoms with van der Waals surface area (Å²) >= 11 is 1.64. The number of benzene rings is 2. The Bertz CT molecular complexity index is 797. The zero-order chi connectivity index (χ0) is 16.9. The van der Waals surface area contributed by atoms with Gasteiger partial charge in [0.15, 0.2) is 5.13 Å². The summed E-state index contributed by atoms with van der Waals surface area (Å²) in [6, 6.07) is 14.2. The van der Waals surface area contributed by atoms with E-state index < -0.39 is 0 Å². The van der Waals surface area contributed by atoms with Crippen LogP contribution in [0.4, 0.5) is 15.2 Å². The number of thiazole rings is 1. The molecule has 0 saturated carbocycles. The fourth-order valence-electron chi connectivity index (χ4n) is 2.43. The second kappa shape index (κ2) is 7.45. The van der Waals surface area contributed by atoms with Crippen LogP contribution in [0, 0.1) is 5.82 Å². The fourth-order valence-corrected chi connectivity index (χ4v) is 3.54. The van der Waals surface area contributed by atoms with Gasteiger partial charge in [0.1, 0.15) is 11.6 Å². The van der Waals surface area contributed by atoms with Gasteiger partial charge in [0, 0.05) is 16.1 Å². The van der Waals surface area contributed by atoms with E-state index in [4.69, 9.17) is 9.72 Å². The standard InChI is InChI=1S/C19H19FN2OS/c1-3-4-17-18(13-5-11-16(23-2)12-6-13)22-19(24-17)21-15-9-7-14(20)8-10-15/h5-12H,3-4H2,1-2H3,(H,21,22). The van der Waals surface area contributed by atoms with Crippen molar-refractivity contribution in [2.45, 2.75) is 19.8 Å². The molecule has 3 rings (SSSR count). The van der Waals surface area contributed by atoms with E-state index >= 15 is 0 Å². The molecule has 0 saturated heterocycles. The molecule has 1 N–H and O–H groups in total. The minimum absolute atomic E-state index is 0.245. The van der Waals surface area contributed by atoms with Crippen molar-refractivity contribution < 1.29 is 9.13 Å². The highest BCUT2D eigenvalue weighted by atomic mass is 32.1. The lowest BCUT2D eigenvalue weighted by atomic mass is 10.1. The number of ether oxygens (including phenoxy) is 1. The molecule has 0 unspecified atom stereocenters. The van der Waals surface area contributed by atoms with E-state index in [1.54, 1.807) is 30.6 Å². The molecular formula is C19H19FN2OS. The molecule has 0 aliphatic rings. The Hall–Kier alpha value is -2.40. The number of halogens is 1. The number of nitrogens with one attached hydrogen (secondary N) is 1. The van der Waals surface area contributed by atoms with Crippen LogP contribution in [0.2, 0.25) is 0 Å². The van der Waals surface area contributed by atoms with Crippen LogP contribution in [0.5, 0.6) is 5.75 Å². The molecule has 0 radical (unpaired) electrons. The summed E-state index contributed by atoms with van der Waals surface area (Å²) in [5, 5.41) is 4.07. The molecule has 0 bridgehead atoms. The van der Waals surface area contributed by atoms with Crippen LogP contribution in [0.3, 0.4) is 0 Å². The monoisotopic (exact) mass is 342 g/mol. The number of rotatable bonds is 6. The lowest BCUT2D eigenvalue weighted by molar-refractivity contribution is 0.415. The van der Waals surface area contributed by atoms with Crippen LogP contribution >= 0.6 is 11.3 Å². The molecule has 1 heterocycles. The van der Waals surface area contributed by atoms with E-state index in [1.165, 1.54) is 17.0 Å². The van der Waals surface area contributed by atoms with Crippen molar-refractivity contribution in [3.05, 3.63) is 59.2 Å². The van der Waals surface area contributed by atoms with Crippen LogP contribution in [-0.2, 0) is 6.42 Å². The predicted octanol–water partition coefficient (Wildman–Crippen LogP) is 5.65. The quantitative estimate of drug-likeness (QED) is 0.628. The molecule has 24 heavy (non-hydrogen) atoms. The largest absolute Gasteiger partial charge is 0.497 e. The molecule has 3 aromatic rings. The molecule has 3 nitrogen and oxygen atoms in total. The number of hydrogen-bond acceptors (Lipinski definition) is 4. The Balaban J connectivity index is 1.90. The second-order valence-electron chi connectivity index (χ2n) is 5.40. The second-order valence-corrected chi connectivity index (χ2v) is 6.48. The molecule has 0 amide bonds. The van der Waals surface area contributed by atoms with Gasteiger partial charge in [0.25, 0.3) is 0 Å². The highest BCUT2D eigenvalue weighted by molar-refractivity contribution is 7.16. The zero-order valence-electron chi connectivity index (χ0n) is 13.7. The Kier molecular flexibility index (Phi) is 5.11. The first-order chi connectivity index (χ1) is 11.7. The maximum atomic E-state index is 13.0. The van der Waals surface area contributed by atoms with Crippen LogP contribution in [-0.4, -0.2) is 12.1 Å². The highest BCUT2D eigenvalue weighted by Crippen LogP contribution is 2.34. The lowest BCUT2D eigenvalue weighted by Crippen LogP contribution is -1.90. The molecule has 0 aliphatic heterocycles. The van der Waals surface area contributed by atoms with Gasteiger partial charge in [-0.15, -0.1) is 11.3 Å². The maximum Gasteiger partial charge on any atom is 0.187 e. The molecule has 0 aliphatic carbocycles. The van der Waals surface area contributed by atoms with E-state index in [0.717, 1.165) is 40.7 Å². The fraction of sp³-hybridized carbons (Fsp3) is 0.211. The van der Waals surface area contributed by atoms with Gasteiger partial charge in [0.05, 0.1) is 12.8 Å². The average molecular weight is 342 g/mol. The van der Waals surface area contributed by atoms with Gasteiger partial charge in [-0.1, -0.05) is 13.3 Å². The van der Waals surface area contributed by atoms with Crippen LogP contribution in [0.1, 0.15) is 18.2 Å². The topological polar surface area (TPSA) is 34.2 Å². The van der Waals surface area contributed by atoms with Crippen molar-refractivity contribution in [2.75, 3.05) is 12.4 Å². The summed E-state index contributed by atoms with van der Waals surface area (Å²) in [5.41, 5.74) is 2.89. The number of hydrogen-bond donors (Lipinski definition) is 1. The van der Waals surface area contributed by atoms with Crippen molar-refractivity contribution in [1.29, 1.82) is 0 Å². The third-order valence-corrected chi connectivity index (χ3v) is 4.66. The number of nitrogens with zero attached hydrogens (tertiary/aromatic N) is 1. The maximum absolute atomic E-state index is 13.0. The van der Waals surface area contributed by atoms with E-state index in [1.807, 2.05) is 24.3 Å². The van der Waals surface area contributed by atoms with Crippen molar-refractivity contribution >= 4 is 22.2 Å². The minimum atomic E-state index is -0.245. The number of anilines is 2. The van der Waals surface area contributed by atoms with E-state index in [2.05, 4.69) is 12.2 Å². The number of aromatic nitrogens is 1. The Morgan fingerprint density at radius 2 is 1.79 bits per heavy atom. The van der Waals surface area contributed by atoms with E-state index in [-0.39, 0.29) is 5.82 Å². The molecular weight excluding hydrogens is 323 g/mol. The van der Waals surface area contributed by atoms with Gasteiger partial charge in [-0.25, -0.2) is 9.37 Å². The average Bonchev–Trinajstić information content (AvgIpc) is 3.00. The molecule has 0 spiro atoms. The van der Waals surface area contributed by atoms with Gasteiger partial charge >= 0.3 is 0 Å². The number of aryl methyl sites for hydroxylation is 1. The smallest absolute Gasteiger partial charge is 0.187 e. The first-order valence-corrected chi connectivity index (χ1v) is 8.68. The molecule has 2 aromatic carbocycles. The summed E-state index contributed by atoms with van der Waals surface area (Å²) < 4.78 is 18.2. The lowest BCUT2D eigenvalue weighted by Gasteiger charge is -2.03. The first kappa shape index (κ1) is 16.5. The first-order valence-electron chi connectivity index (χ1n) is 7.86. The van der Waals surface area contributed by atoms with Crippen LogP contribution in [0.25, 0.3) is 11.3 Å². The zero-order valence-corrected chi connectivity index (χ0v) is 14.5. The predicted molar refractivity (Wildman–Crippen MR) is 97.8 cm³/mol. The molecule has 124 valence electrons. The van der Waals surface area contributed by atoms with Gasteiger partial charge in [-0.3, -0.25) is 0 Å². The minimum Gasteiger partial charge on any atom is -0.497 e. The van der Waals surface area contributed by atoms with Crippen molar-refractivity contribution in [3.8, 4) is 17.0 Å². The Morgan fingerprint density at radius 1 is 1.08 bits per heavy atom. The van der Waals surface area contributed by atoms with Crippen molar-refractivity contribution in [3.63, 3.8) is 0 Å².